The summed E-state index contributed by atoms with van der Waals surface area (Å²) in [6.45, 7) is 2.26. The van der Waals surface area contributed by atoms with E-state index in [2.05, 4.69) is 25.7 Å². The van der Waals surface area contributed by atoms with Crippen molar-refractivity contribution in [3.63, 3.8) is 0 Å². The van der Waals surface area contributed by atoms with Crippen LogP contribution in [-0.2, 0) is 4.79 Å². The first-order valence-electron chi connectivity index (χ1n) is 8.48. The SMILES string of the molecule is CCCNC(=O)CN=C(NCC)NCC(O)c1ccc(OC(F)F)cc1. The van der Waals surface area contributed by atoms with Gasteiger partial charge in [-0.05, 0) is 31.0 Å². The Bertz CT molecular complexity index is 568. The molecule has 1 atom stereocenters. The summed E-state index contributed by atoms with van der Waals surface area (Å²) in [5.74, 6) is 0.243. The Balaban J connectivity index is 2.55. The molecule has 7 nitrogen and oxygen atoms in total. The lowest BCUT2D eigenvalue weighted by Gasteiger charge is -2.16. The number of ether oxygens (including phenoxy) is 1. The van der Waals surface area contributed by atoms with Crippen LogP contribution in [0.3, 0.4) is 0 Å². The fourth-order valence-corrected chi connectivity index (χ4v) is 2.00. The number of benzene rings is 1. The average molecular weight is 372 g/mol. The molecule has 4 N–H and O–H groups in total. The first-order chi connectivity index (χ1) is 12.5. The van der Waals surface area contributed by atoms with Gasteiger partial charge in [0.25, 0.3) is 0 Å². The van der Waals surface area contributed by atoms with Gasteiger partial charge in [-0.1, -0.05) is 19.1 Å². The number of amides is 1. The summed E-state index contributed by atoms with van der Waals surface area (Å²) in [6, 6.07) is 5.74. The largest absolute Gasteiger partial charge is 0.435 e. The molecular formula is C17H26F2N4O3. The zero-order valence-corrected chi connectivity index (χ0v) is 15.0. The predicted octanol–water partition coefficient (Wildman–Crippen LogP) is 1.40. The van der Waals surface area contributed by atoms with Gasteiger partial charge in [0, 0.05) is 19.6 Å². The second-order valence-corrected chi connectivity index (χ2v) is 5.39. The minimum atomic E-state index is -2.89. The van der Waals surface area contributed by atoms with E-state index < -0.39 is 12.7 Å². The van der Waals surface area contributed by atoms with Gasteiger partial charge in [0.05, 0.1) is 6.10 Å². The van der Waals surface area contributed by atoms with E-state index in [9.17, 15) is 18.7 Å². The number of aliphatic hydroxyl groups is 1. The highest BCUT2D eigenvalue weighted by molar-refractivity contribution is 5.84. The van der Waals surface area contributed by atoms with Crippen molar-refractivity contribution in [3.8, 4) is 5.75 Å². The van der Waals surface area contributed by atoms with Gasteiger partial charge in [0.2, 0.25) is 5.91 Å². The maximum atomic E-state index is 12.1. The van der Waals surface area contributed by atoms with Crippen LogP contribution in [0.2, 0.25) is 0 Å². The number of hydrogen-bond acceptors (Lipinski definition) is 4. The maximum Gasteiger partial charge on any atom is 0.387 e. The Kier molecular flexibility index (Phi) is 9.99. The van der Waals surface area contributed by atoms with Gasteiger partial charge in [-0.3, -0.25) is 4.79 Å². The molecule has 26 heavy (non-hydrogen) atoms. The summed E-state index contributed by atoms with van der Waals surface area (Å²) in [5, 5.41) is 18.8. The lowest BCUT2D eigenvalue weighted by molar-refractivity contribution is -0.119. The van der Waals surface area contributed by atoms with E-state index in [-0.39, 0.29) is 24.7 Å². The molecule has 0 spiro atoms. The minimum absolute atomic E-state index is 0.0227. The molecule has 0 saturated carbocycles. The standard InChI is InChI=1S/C17H26F2N4O3/c1-3-9-21-15(25)11-23-17(20-4-2)22-10-14(24)12-5-7-13(8-6-12)26-16(18)19/h5-8,14,16,24H,3-4,9-11H2,1-2H3,(H,21,25)(H2,20,22,23). The molecule has 146 valence electrons. The topological polar surface area (TPSA) is 95.0 Å². The van der Waals surface area contributed by atoms with Crippen molar-refractivity contribution in [1.82, 2.24) is 16.0 Å². The monoisotopic (exact) mass is 372 g/mol. The lowest BCUT2D eigenvalue weighted by atomic mass is 10.1. The maximum absolute atomic E-state index is 12.1. The quantitative estimate of drug-likeness (QED) is 0.368. The third kappa shape index (κ3) is 8.61. The summed E-state index contributed by atoms with van der Waals surface area (Å²) < 4.78 is 28.5. The number of nitrogens with one attached hydrogen (secondary N) is 3. The fraction of sp³-hybridized carbons (Fsp3) is 0.529. The normalized spacial score (nSPS) is 12.6. The Morgan fingerprint density at radius 1 is 1.19 bits per heavy atom. The van der Waals surface area contributed by atoms with Crippen molar-refractivity contribution in [1.29, 1.82) is 0 Å². The van der Waals surface area contributed by atoms with Gasteiger partial charge in [-0.2, -0.15) is 8.78 Å². The van der Waals surface area contributed by atoms with Crippen LogP contribution in [0, 0.1) is 0 Å². The van der Waals surface area contributed by atoms with E-state index in [1.54, 1.807) is 0 Å². The minimum Gasteiger partial charge on any atom is -0.435 e. The molecule has 1 amide bonds. The highest BCUT2D eigenvalue weighted by Crippen LogP contribution is 2.18. The number of guanidine groups is 1. The number of hydrogen-bond donors (Lipinski definition) is 4. The van der Waals surface area contributed by atoms with Gasteiger partial charge < -0.3 is 25.8 Å². The van der Waals surface area contributed by atoms with Crippen molar-refractivity contribution in [2.75, 3.05) is 26.2 Å². The van der Waals surface area contributed by atoms with Crippen molar-refractivity contribution in [2.24, 2.45) is 4.99 Å². The summed E-state index contributed by atoms with van der Waals surface area (Å²) in [5.41, 5.74) is 0.538. The Morgan fingerprint density at radius 3 is 2.46 bits per heavy atom. The number of carbonyl (C=O) groups is 1. The van der Waals surface area contributed by atoms with E-state index in [4.69, 9.17) is 0 Å². The molecule has 1 unspecified atom stereocenters. The number of nitrogens with zero attached hydrogens (tertiary/aromatic N) is 1. The molecule has 1 aromatic carbocycles. The molecule has 0 heterocycles. The van der Waals surface area contributed by atoms with Gasteiger partial charge in [0.15, 0.2) is 5.96 Å². The second kappa shape index (κ2) is 12.0. The van der Waals surface area contributed by atoms with Crippen LogP contribution in [0.1, 0.15) is 31.9 Å². The molecule has 0 aliphatic heterocycles. The average Bonchev–Trinajstić information content (AvgIpc) is 2.62. The van der Waals surface area contributed by atoms with E-state index >= 15 is 0 Å². The molecule has 1 aromatic rings. The Morgan fingerprint density at radius 2 is 1.88 bits per heavy atom. The van der Waals surface area contributed by atoms with Gasteiger partial charge >= 0.3 is 6.61 Å². The van der Waals surface area contributed by atoms with Crippen LogP contribution in [0.15, 0.2) is 29.3 Å². The highest BCUT2D eigenvalue weighted by Gasteiger charge is 2.10. The van der Waals surface area contributed by atoms with Crippen LogP contribution in [0.5, 0.6) is 5.75 Å². The molecule has 0 fully saturated rings. The van der Waals surface area contributed by atoms with E-state index in [1.807, 2.05) is 13.8 Å². The smallest absolute Gasteiger partial charge is 0.387 e. The van der Waals surface area contributed by atoms with Crippen LogP contribution >= 0.6 is 0 Å². The first-order valence-corrected chi connectivity index (χ1v) is 8.48. The van der Waals surface area contributed by atoms with Crippen molar-refractivity contribution < 1.29 is 23.4 Å². The zero-order valence-electron chi connectivity index (χ0n) is 15.0. The molecule has 0 saturated heterocycles. The Labute approximate surface area is 151 Å². The van der Waals surface area contributed by atoms with E-state index in [0.29, 0.717) is 24.6 Å². The van der Waals surface area contributed by atoms with Crippen LogP contribution in [-0.4, -0.2) is 49.8 Å². The zero-order chi connectivity index (χ0) is 19.4. The number of alkyl halides is 2. The fourth-order valence-electron chi connectivity index (χ4n) is 2.00. The van der Waals surface area contributed by atoms with Gasteiger partial charge in [0.1, 0.15) is 12.3 Å². The van der Waals surface area contributed by atoms with E-state index in [0.717, 1.165) is 6.42 Å². The molecular weight excluding hydrogens is 346 g/mol. The number of aliphatic hydroxyl groups excluding tert-OH is 1. The van der Waals surface area contributed by atoms with Crippen molar-refractivity contribution in [3.05, 3.63) is 29.8 Å². The van der Waals surface area contributed by atoms with Crippen LogP contribution < -0.4 is 20.7 Å². The molecule has 0 aliphatic carbocycles. The third-order valence-corrected chi connectivity index (χ3v) is 3.25. The van der Waals surface area contributed by atoms with Gasteiger partial charge in [-0.25, -0.2) is 4.99 Å². The summed E-state index contributed by atoms with van der Waals surface area (Å²) in [7, 11) is 0. The van der Waals surface area contributed by atoms with Crippen LogP contribution in [0.4, 0.5) is 8.78 Å². The number of aliphatic imine (C=N–C) groups is 1. The van der Waals surface area contributed by atoms with Gasteiger partial charge in [-0.15, -0.1) is 0 Å². The molecule has 0 bridgehead atoms. The number of halogens is 2. The molecule has 1 rings (SSSR count). The molecule has 9 heteroatoms. The molecule has 0 radical (unpaired) electrons. The predicted molar refractivity (Wildman–Crippen MR) is 95.3 cm³/mol. The van der Waals surface area contributed by atoms with Crippen molar-refractivity contribution >= 4 is 11.9 Å². The Hall–Kier alpha value is -2.42. The number of carbonyl (C=O) groups excluding carboxylic acids is 1. The first kappa shape index (κ1) is 21.6. The highest BCUT2D eigenvalue weighted by atomic mass is 19.3. The van der Waals surface area contributed by atoms with E-state index in [1.165, 1.54) is 24.3 Å². The molecule has 0 aliphatic rings. The summed E-state index contributed by atoms with van der Waals surface area (Å²) in [4.78, 5) is 15.7. The molecule has 0 aromatic heterocycles. The van der Waals surface area contributed by atoms with Crippen molar-refractivity contribution in [2.45, 2.75) is 33.0 Å². The number of rotatable bonds is 10. The lowest BCUT2D eigenvalue weighted by Crippen LogP contribution is -2.40. The second-order valence-electron chi connectivity index (χ2n) is 5.39. The van der Waals surface area contributed by atoms with Crippen LogP contribution in [0.25, 0.3) is 0 Å². The third-order valence-electron chi connectivity index (χ3n) is 3.25. The summed E-state index contributed by atoms with van der Waals surface area (Å²) >= 11 is 0. The summed E-state index contributed by atoms with van der Waals surface area (Å²) in [6.07, 6.45) is -0.0328.